The van der Waals surface area contributed by atoms with Crippen LogP contribution in [0.1, 0.15) is 58.9 Å². The van der Waals surface area contributed by atoms with Gasteiger partial charge in [0.05, 0.1) is 27.9 Å². The van der Waals surface area contributed by atoms with Crippen molar-refractivity contribution in [3.63, 3.8) is 0 Å². The number of hydrogen-bond acceptors (Lipinski definition) is 5. The van der Waals surface area contributed by atoms with E-state index in [0.29, 0.717) is 31.2 Å². The number of rotatable bonds is 10. The van der Waals surface area contributed by atoms with Crippen molar-refractivity contribution in [1.82, 2.24) is 4.98 Å². The van der Waals surface area contributed by atoms with E-state index in [-0.39, 0.29) is 11.3 Å². The highest BCUT2D eigenvalue weighted by atomic mass is 79.9. The molecule has 0 aliphatic rings. The van der Waals surface area contributed by atoms with E-state index in [0.717, 1.165) is 39.0 Å². The van der Waals surface area contributed by atoms with Crippen LogP contribution >= 0.6 is 27.3 Å². The number of nitrogens with one attached hydrogen (secondary N) is 1. The van der Waals surface area contributed by atoms with Crippen LogP contribution in [0.3, 0.4) is 0 Å². The van der Waals surface area contributed by atoms with Crippen LogP contribution in [0.25, 0.3) is 10.2 Å². The van der Waals surface area contributed by atoms with Crippen LogP contribution in [0.15, 0.2) is 40.9 Å². The van der Waals surface area contributed by atoms with Gasteiger partial charge in [-0.3, -0.25) is 4.79 Å². The molecule has 0 saturated carbocycles. The molecule has 0 fully saturated rings. The Hall–Kier alpha value is -2.12. The lowest BCUT2D eigenvalue weighted by Crippen LogP contribution is -2.13. The number of anilines is 1. The average molecular weight is 520 g/mol. The first-order chi connectivity index (χ1) is 15.3. The minimum absolute atomic E-state index is 0.0609. The Labute approximate surface area is 202 Å². The van der Waals surface area contributed by atoms with Gasteiger partial charge in [0.2, 0.25) is 5.91 Å². The van der Waals surface area contributed by atoms with Crippen LogP contribution in [0.5, 0.6) is 11.5 Å². The number of benzene rings is 2. The minimum Gasteiger partial charge on any atom is -0.494 e. The molecule has 3 rings (SSSR count). The van der Waals surface area contributed by atoms with Crippen LogP contribution in [-0.2, 0) is 10.2 Å². The van der Waals surface area contributed by atoms with Crippen molar-refractivity contribution < 1.29 is 14.3 Å². The first-order valence-corrected chi connectivity index (χ1v) is 12.6. The van der Waals surface area contributed by atoms with Crippen molar-refractivity contribution in [1.29, 1.82) is 0 Å². The van der Waals surface area contributed by atoms with Crippen molar-refractivity contribution in [2.45, 2.75) is 58.8 Å². The molecule has 1 heterocycles. The predicted octanol–water partition coefficient (Wildman–Crippen LogP) is 7.33. The number of unbranched alkanes of at least 4 members (excludes halogenated alkanes) is 1. The van der Waals surface area contributed by atoms with Crippen molar-refractivity contribution in [3.05, 3.63) is 46.4 Å². The van der Waals surface area contributed by atoms with Gasteiger partial charge < -0.3 is 14.8 Å². The summed E-state index contributed by atoms with van der Waals surface area (Å²) in [5.74, 6) is 1.57. The molecule has 0 aliphatic carbocycles. The third-order valence-corrected chi connectivity index (χ3v) is 6.53. The summed E-state index contributed by atoms with van der Waals surface area (Å²) < 4.78 is 13.5. The molecular weight excluding hydrogens is 488 g/mol. The molecule has 3 aromatic rings. The van der Waals surface area contributed by atoms with Crippen molar-refractivity contribution in [2.75, 3.05) is 18.5 Å². The zero-order valence-corrected chi connectivity index (χ0v) is 21.6. The quantitative estimate of drug-likeness (QED) is 0.285. The smallest absolute Gasteiger partial charge is 0.226 e. The Morgan fingerprint density at radius 1 is 1.09 bits per heavy atom. The molecule has 0 atom stereocenters. The SMILES string of the molecule is CCCCOc1ccc2nc(NC(=O)CCCOc3ccc(C(C)(C)C)cc3Br)sc2c1. The fourth-order valence-electron chi connectivity index (χ4n) is 3.06. The van der Waals surface area contributed by atoms with Gasteiger partial charge in [0.1, 0.15) is 11.5 Å². The Morgan fingerprint density at radius 3 is 2.59 bits per heavy atom. The number of carbonyl (C=O) groups excluding carboxylic acids is 1. The number of fused-ring (bicyclic) bond motifs is 1. The third kappa shape index (κ3) is 6.94. The molecule has 0 spiro atoms. The van der Waals surface area contributed by atoms with Crippen molar-refractivity contribution >= 4 is 48.5 Å². The van der Waals surface area contributed by atoms with E-state index in [1.54, 1.807) is 0 Å². The lowest BCUT2D eigenvalue weighted by Gasteiger charge is -2.20. The van der Waals surface area contributed by atoms with Crippen molar-refractivity contribution in [2.24, 2.45) is 0 Å². The van der Waals surface area contributed by atoms with Crippen LogP contribution < -0.4 is 14.8 Å². The van der Waals surface area contributed by atoms with Crippen LogP contribution in [0.2, 0.25) is 0 Å². The maximum Gasteiger partial charge on any atom is 0.226 e. The average Bonchev–Trinajstić information content (AvgIpc) is 3.13. The van der Waals surface area contributed by atoms with Crippen molar-refractivity contribution in [3.8, 4) is 11.5 Å². The van der Waals surface area contributed by atoms with E-state index < -0.39 is 0 Å². The number of ether oxygens (including phenoxy) is 2. The maximum absolute atomic E-state index is 12.3. The zero-order valence-electron chi connectivity index (χ0n) is 19.2. The summed E-state index contributed by atoms with van der Waals surface area (Å²) in [4.78, 5) is 16.8. The second-order valence-corrected chi connectivity index (χ2v) is 10.6. The van der Waals surface area contributed by atoms with E-state index in [9.17, 15) is 4.79 Å². The van der Waals surface area contributed by atoms with Gasteiger partial charge in [-0.1, -0.05) is 51.5 Å². The Bertz CT molecular complexity index is 1060. The molecule has 1 N–H and O–H groups in total. The molecule has 5 nitrogen and oxygen atoms in total. The molecule has 2 aromatic carbocycles. The highest BCUT2D eigenvalue weighted by Gasteiger charge is 2.15. The zero-order chi connectivity index (χ0) is 23.1. The first-order valence-electron chi connectivity index (χ1n) is 11.0. The number of halogens is 1. The lowest BCUT2D eigenvalue weighted by molar-refractivity contribution is -0.116. The van der Waals surface area contributed by atoms with Gasteiger partial charge in [-0.25, -0.2) is 4.98 Å². The monoisotopic (exact) mass is 518 g/mol. The fraction of sp³-hybridized carbons (Fsp3) is 0.440. The molecule has 0 saturated heterocycles. The molecule has 0 bridgehead atoms. The van der Waals surface area contributed by atoms with Crippen LogP contribution in [-0.4, -0.2) is 24.1 Å². The summed E-state index contributed by atoms with van der Waals surface area (Å²) in [6.07, 6.45) is 3.13. The second-order valence-electron chi connectivity index (χ2n) is 8.75. The lowest BCUT2D eigenvalue weighted by atomic mass is 9.87. The third-order valence-electron chi connectivity index (χ3n) is 4.98. The van der Waals surface area contributed by atoms with Gasteiger partial charge in [-0.2, -0.15) is 0 Å². The summed E-state index contributed by atoms with van der Waals surface area (Å²) in [6.45, 7) is 9.86. The molecular formula is C25H31BrN2O3S. The molecule has 0 aliphatic heterocycles. The Kier molecular flexibility index (Phi) is 8.54. The second kappa shape index (κ2) is 11.1. The van der Waals surface area contributed by atoms with E-state index >= 15 is 0 Å². The number of thiazole rings is 1. The van der Waals surface area contributed by atoms with Gasteiger partial charge in [-0.15, -0.1) is 0 Å². The molecule has 172 valence electrons. The molecule has 7 heteroatoms. The van der Waals surface area contributed by atoms with Gasteiger partial charge in [0.25, 0.3) is 0 Å². The largest absolute Gasteiger partial charge is 0.494 e. The predicted molar refractivity (Wildman–Crippen MR) is 136 cm³/mol. The molecule has 0 unspecified atom stereocenters. The van der Waals surface area contributed by atoms with E-state index in [2.05, 4.69) is 66.1 Å². The number of amides is 1. The van der Waals surface area contributed by atoms with E-state index in [1.807, 2.05) is 24.3 Å². The van der Waals surface area contributed by atoms with Gasteiger partial charge >= 0.3 is 0 Å². The summed E-state index contributed by atoms with van der Waals surface area (Å²) in [7, 11) is 0. The van der Waals surface area contributed by atoms with E-state index in [1.165, 1.54) is 16.9 Å². The van der Waals surface area contributed by atoms with Gasteiger partial charge in [-0.05, 0) is 70.1 Å². The summed E-state index contributed by atoms with van der Waals surface area (Å²) in [6, 6.07) is 12.0. The Balaban J connectivity index is 1.46. The van der Waals surface area contributed by atoms with Crippen LogP contribution in [0, 0.1) is 0 Å². The minimum atomic E-state index is -0.0609. The number of hydrogen-bond donors (Lipinski definition) is 1. The molecule has 32 heavy (non-hydrogen) atoms. The standard InChI is InChI=1S/C25H31BrN2O3S/c1-5-6-13-30-18-10-11-20-22(16-18)32-24(27-20)28-23(29)8-7-14-31-21-12-9-17(15-19(21)26)25(2,3)4/h9-12,15-16H,5-8,13-14H2,1-4H3,(H,27,28,29). The normalized spacial score (nSPS) is 11.5. The summed E-state index contributed by atoms with van der Waals surface area (Å²) in [5, 5.41) is 3.51. The van der Waals surface area contributed by atoms with Gasteiger partial charge in [0, 0.05) is 6.42 Å². The number of aromatic nitrogens is 1. The molecule has 1 aromatic heterocycles. The highest BCUT2D eigenvalue weighted by Crippen LogP contribution is 2.32. The first kappa shape index (κ1) is 24.5. The van der Waals surface area contributed by atoms with E-state index in [4.69, 9.17) is 9.47 Å². The number of carbonyl (C=O) groups is 1. The number of nitrogens with zero attached hydrogens (tertiary/aromatic N) is 1. The summed E-state index contributed by atoms with van der Waals surface area (Å²) >= 11 is 5.04. The molecule has 0 radical (unpaired) electrons. The highest BCUT2D eigenvalue weighted by molar-refractivity contribution is 9.10. The Morgan fingerprint density at radius 2 is 1.88 bits per heavy atom. The van der Waals surface area contributed by atoms with Gasteiger partial charge in [0.15, 0.2) is 5.13 Å². The molecule has 1 amide bonds. The topological polar surface area (TPSA) is 60.5 Å². The van der Waals surface area contributed by atoms with Crippen LogP contribution in [0.4, 0.5) is 5.13 Å². The fourth-order valence-corrected chi connectivity index (χ4v) is 4.47. The summed E-state index contributed by atoms with van der Waals surface area (Å²) in [5.41, 5.74) is 2.19. The maximum atomic E-state index is 12.3.